The third-order valence-electron chi connectivity index (χ3n) is 4.20. The Balaban J connectivity index is 2.44. The lowest BCUT2D eigenvalue weighted by atomic mass is 9.80. The van der Waals surface area contributed by atoms with Crippen molar-refractivity contribution in [2.45, 2.75) is 39.2 Å². The molecule has 4 heteroatoms. The highest BCUT2D eigenvalue weighted by Gasteiger charge is 2.45. The van der Waals surface area contributed by atoms with E-state index >= 15 is 0 Å². The molecule has 0 bridgehead atoms. The molecule has 0 unspecified atom stereocenters. The molecule has 1 fully saturated rings. The Labute approximate surface area is 125 Å². The van der Waals surface area contributed by atoms with Crippen molar-refractivity contribution in [3.8, 4) is 0 Å². The molecule has 114 valence electrons. The second kappa shape index (κ2) is 6.29. The van der Waals surface area contributed by atoms with Gasteiger partial charge in [-0.05, 0) is 26.7 Å². The maximum absolute atomic E-state index is 12.2. The fourth-order valence-electron chi connectivity index (χ4n) is 3.05. The van der Waals surface area contributed by atoms with Gasteiger partial charge in [0.15, 0.2) is 0 Å². The predicted octanol–water partition coefficient (Wildman–Crippen LogP) is 2.95. The first-order valence-electron chi connectivity index (χ1n) is 7.24. The van der Waals surface area contributed by atoms with E-state index in [0.29, 0.717) is 12.0 Å². The highest BCUT2D eigenvalue weighted by atomic mass is 16.6. The maximum atomic E-state index is 12.2. The number of rotatable bonds is 1. The summed E-state index contributed by atoms with van der Waals surface area (Å²) in [6.07, 6.45) is 6.19. The minimum Gasteiger partial charge on any atom is -0.469 e. The second-order valence-electron chi connectivity index (χ2n) is 5.85. The standard InChI is InChI=1S/C17H22O4/c1-10-6-5-7-11(2)9-14-15(12(3)16(18)21-14)13(8-10)17(19)20-4/h7-8,13-15H,3,5-6,9H2,1-2,4H3/b10-8+,11-7+/t13-,14+,15+/m1/s1. The van der Waals surface area contributed by atoms with Crippen LogP contribution in [0, 0.1) is 11.8 Å². The Hall–Kier alpha value is -1.84. The fourth-order valence-corrected chi connectivity index (χ4v) is 3.05. The van der Waals surface area contributed by atoms with Gasteiger partial charge in [-0.1, -0.05) is 29.9 Å². The van der Waals surface area contributed by atoms with Crippen LogP contribution >= 0.6 is 0 Å². The van der Waals surface area contributed by atoms with Crippen LogP contribution in [-0.4, -0.2) is 25.2 Å². The molecule has 2 aliphatic rings. The minimum atomic E-state index is -0.509. The van der Waals surface area contributed by atoms with Crippen molar-refractivity contribution in [3.63, 3.8) is 0 Å². The quantitative estimate of drug-likeness (QED) is 0.423. The Morgan fingerprint density at radius 3 is 2.76 bits per heavy atom. The van der Waals surface area contributed by atoms with Gasteiger partial charge in [0, 0.05) is 17.9 Å². The van der Waals surface area contributed by atoms with Gasteiger partial charge in [0.05, 0.1) is 13.0 Å². The van der Waals surface area contributed by atoms with E-state index in [0.717, 1.165) is 18.4 Å². The second-order valence-corrected chi connectivity index (χ2v) is 5.85. The molecule has 2 rings (SSSR count). The molecule has 3 atom stereocenters. The molecule has 0 N–H and O–H groups in total. The Bertz CT molecular complexity index is 527. The normalized spacial score (nSPS) is 34.9. The summed E-state index contributed by atoms with van der Waals surface area (Å²) in [5.74, 6) is -1.60. The molecule has 0 saturated carbocycles. The lowest BCUT2D eigenvalue weighted by Gasteiger charge is -2.24. The van der Waals surface area contributed by atoms with Crippen molar-refractivity contribution < 1.29 is 19.1 Å². The van der Waals surface area contributed by atoms with E-state index in [2.05, 4.69) is 12.7 Å². The summed E-state index contributed by atoms with van der Waals surface area (Å²) in [4.78, 5) is 24.0. The van der Waals surface area contributed by atoms with Gasteiger partial charge in [-0.25, -0.2) is 4.79 Å². The van der Waals surface area contributed by atoms with Crippen molar-refractivity contribution in [3.05, 3.63) is 35.5 Å². The van der Waals surface area contributed by atoms with Gasteiger partial charge < -0.3 is 9.47 Å². The molecular weight excluding hydrogens is 268 g/mol. The summed E-state index contributed by atoms with van der Waals surface area (Å²) in [7, 11) is 1.37. The molecule has 1 aliphatic heterocycles. The van der Waals surface area contributed by atoms with Gasteiger partial charge in [-0.15, -0.1) is 0 Å². The lowest BCUT2D eigenvalue weighted by molar-refractivity contribution is -0.147. The molecule has 0 spiro atoms. The first-order valence-corrected chi connectivity index (χ1v) is 7.24. The van der Waals surface area contributed by atoms with E-state index in [1.807, 2.05) is 19.9 Å². The van der Waals surface area contributed by atoms with Crippen LogP contribution in [-0.2, 0) is 19.1 Å². The molecule has 0 aromatic carbocycles. The largest absolute Gasteiger partial charge is 0.469 e. The Morgan fingerprint density at radius 2 is 2.10 bits per heavy atom. The summed E-state index contributed by atoms with van der Waals surface area (Å²) in [6.45, 7) is 7.86. The maximum Gasteiger partial charge on any atom is 0.334 e. The number of allylic oxidation sites excluding steroid dienone is 2. The average molecular weight is 290 g/mol. The average Bonchev–Trinajstić information content (AvgIpc) is 2.70. The molecule has 4 nitrogen and oxygen atoms in total. The number of ether oxygens (including phenoxy) is 2. The molecule has 0 aromatic heterocycles. The highest BCUT2D eigenvalue weighted by Crippen LogP contribution is 2.38. The summed E-state index contributed by atoms with van der Waals surface area (Å²) in [5.41, 5.74) is 2.65. The van der Waals surface area contributed by atoms with Gasteiger partial charge in [0.2, 0.25) is 0 Å². The molecule has 1 heterocycles. The van der Waals surface area contributed by atoms with Gasteiger partial charge in [0.25, 0.3) is 0 Å². The van der Waals surface area contributed by atoms with Crippen LogP contribution in [0.15, 0.2) is 35.5 Å². The van der Waals surface area contributed by atoms with Crippen molar-refractivity contribution >= 4 is 11.9 Å². The van der Waals surface area contributed by atoms with Crippen LogP contribution in [0.2, 0.25) is 0 Å². The van der Waals surface area contributed by atoms with Crippen LogP contribution in [0.3, 0.4) is 0 Å². The Morgan fingerprint density at radius 1 is 1.38 bits per heavy atom. The van der Waals surface area contributed by atoms with Gasteiger partial charge in [-0.2, -0.15) is 0 Å². The first-order chi connectivity index (χ1) is 9.93. The third kappa shape index (κ3) is 3.26. The monoisotopic (exact) mass is 290 g/mol. The summed E-state index contributed by atoms with van der Waals surface area (Å²) in [5, 5.41) is 0. The SMILES string of the molecule is C=C1C(=O)O[C@H]2C/C(C)=C/CC/C(C)=C/[C@@H](C(=O)OC)[C@H]12. The zero-order valence-corrected chi connectivity index (χ0v) is 12.8. The summed E-state index contributed by atoms with van der Waals surface area (Å²) >= 11 is 0. The number of hydrogen-bond acceptors (Lipinski definition) is 4. The summed E-state index contributed by atoms with van der Waals surface area (Å²) in [6, 6.07) is 0. The predicted molar refractivity (Wildman–Crippen MR) is 79.4 cm³/mol. The van der Waals surface area contributed by atoms with E-state index in [9.17, 15) is 9.59 Å². The van der Waals surface area contributed by atoms with E-state index < -0.39 is 11.9 Å². The number of carbonyl (C=O) groups is 2. The van der Waals surface area contributed by atoms with Crippen molar-refractivity contribution in [1.82, 2.24) is 0 Å². The number of fused-ring (bicyclic) bond motifs is 1. The van der Waals surface area contributed by atoms with Crippen LogP contribution in [0.1, 0.15) is 33.1 Å². The number of carbonyl (C=O) groups excluding carboxylic acids is 2. The zero-order valence-electron chi connectivity index (χ0n) is 12.8. The highest BCUT2D eigenvalue weighted by molar-refractivity contribution is 5.92. The Kier molecular flexibility index (Phi) is 4.66. The van der Waals surface area contributed by atoms with E-state index in [1.165, 1.54) is 12.7 Å². The fraction of sp³-hybridized carbons (Fsp3) is 0.529. The van der Waals surface area contributed by atoms with Crippen molar-refractivity contribution in [1.29, 1.82) is 0 Å². The van der Waals surface area contributed by atoms with Crippen LogP contribution in [0.25, 0.3) is 0 Å². The molecule has 1 aliphatic carbocycles. The number of hydrogen-bond donors (Lipinski definition) is 0. The van der Waals surface area contributed by atoms with Gasteiger partial charge >= 0.3 is 11.9 Å². The molecule has 0 amide bonds. The van der Waals surface area contributed by atoms with Crippen LogP contribution in [0.5, 0.6) is 0 Å². The number of esters is 2. The lowest BCUT2D eigenvalue weighted by Crippen LogP contribution is -2.31. The minimum absolute atomic E-state index is 0.340. The van der Waals surface area contributed by atoms with E-state index in [4.69, 9.17) is 9.47 Å². The molecule has 0 aromatic rings. The molecular formula is C17H22O4. The van der Waals surface area contributed by atoms with Gasteiger partial charge in [0.1, 0.15) is 6.10 Å². The summed E-state index contributed by atoms with van der Waals surface area (Å²) < 4.78 is 10.3. The zero-order chi connectivity index (χ0) is 15.6. The van der Waals surface area contributed by atoms with Crippen LogP contribution in [0.4, 0.5) is 0 Å². The first kappa shape index (κ1) is 15.5. The van der Waals surface area contributed by atoms with Crippen molar-refractivity contribution in [2.24, 2.45) is 11.8 Å². The van der Waals surface area contributed by atoms with Gasteiger partial charge in [-0.3, -0.25) is 4.79 Å². The molecule has 0 radical (unpaired) electrons. The van der Waals surface area contributed by atoms with Crippen LogP contribution < -0.4 is 0 Å². The molecule has 21 heavy (non-hydrogen) atoms. The molecule has 1 saturated heterocycles. The van der Waals surface area contributed by atoms with E-state index in [1.54, 1.807) is 0 Å². The van der Waals surface area contributed by atoms with Crippen molar-refractivity contribution in [2.75, 3.05) is 7.11 Å². The van der Waals surface area contributed by atoms with E-state index in [-0.39, 0.29) is 18.0 Å². The number of methoxy groups -OCH3 is 1. The smallest absolute Gasteiger partial charge is 0.334 e. The third-order valence-corrected chi connectivity index (χ3v) is 4.20. The topological polar surface area (TPSA) is 52.6 Å².